The third kappa shape index (κ3) is 6.55. The van der Waals surface area contributed by atoms with Crippen molar-refractivity contribution in [3.05, 3.63) is 23.3 Å². The highest BCUT2D eigenvalue weighted by Gasteiger charge is 2.25. The Morgan fingerprint density at radius 1 is 1.05 bits per heavy atom. The summed E-state index contributed by atoms with van der Waals surface area (Å²) >= 11 is 1.65. The first-order valence-corrected chi connectivity index (χ1v) is 15.3. The minimum atomic E-state index is -3.15. The molecule has 2 aliphatic heterocycles. The maximum atomic E-state index is 11.9. The van der Waals surface area contributed by atoms with E-state index in [-0.39, 0.29) is 0 Å². The van der Waals surface area contributed by atoms with Crippen molar-refractivity contribution in [2.24, 2.45) is 0 Å². The van der Waals surface area contributed by atoms with Crippen molar-refractivity contribution in [3.8, 4) is 17.4 Å². The van der Waals surface area contributed by atoms with Gasteiger partial charge in [-0.15, -0.1) is 11.3 Å². The predicted molar refractivity (Wildman–Crippen MR) is 147 cm³/mol. The van der Waals surface area contributed by atoms with Crippen LogP contribution in [0.15, 0.2) is 18.5 Å². The monoisotopic (exact) mass is 562 g/mol. The minimum absolute atomic E-state index is 0.333. The van der Waals surface area contributed by atoms with E-state index < -0.39 is 10.0 Å². The highest BCUT2D eigenvalue weighted by Crippen LogP contribution is 2.34. The zero-order valence-electron chi connectivity index (χ0n) is 22.0. The summed E-state index contributed by atoms with van der Waals surface area (Å²) in [6, 6.07) is 2.51. The van der Waals surface area contributed by atoms with Crippen molar-refractivity contribution in [3.63, 3.8) is 0 Å². The average molecular weight is 563 g/mol. The molecule has 0 amide bonds. The topological polar surface area (TPSA) is 117 Å². The van der Waals surface area contributed by atoms with Crippen molar-refractivity contribution < 1.29 is 17.9 Å². The Labute approximate surface area is 227 Å². The van der Waals surface area contributed by atoms with Crippen LogP contribution in [0.1, 0.15) is 4.88 Å². The Hall–Kier alpha value is -2.49. The molecule has 0 saturated carbocycles. The number of nitrogens with zero attached hydrogens (tertiary/aromatic N) is 8. The van der Waals surface area contributed by atoms with Crippen LogP contribution in [0.5, 0.6) is 6.01 Å². The molecule has 12 nitrogen and oxygen atoms in total. The molecule has 0 aliphatic carbocycles. The Bertz CT molecular complexity index is 1340. The Balaban J connectivity index is 1.38. The molecule has 0 radical (unpaired) electrons. The number of anilines is 1. The number of sulfonamides is 1. The van der Waals surface area contributed by atoms with Gasteiger partial charge in [0.15, 0.2) is 5.82 Å². The van der Waals surface area contributed by atoms with Crippen LogP contribution in [0.4, 0.5) is 5.82 Å². The van der Waals surface area contributed by atoms with Gasteiger partial charge in [0, 0.05) is 69.6 Å². The van der Waals surface area contributed by atoms with Gasteiger partial charge in [0.1, 0.15) is 17.3 Å². The van der Waals surface area contributed by atoms with E-state index in [1.807, 2.05) is 19.0 Å². The summed E-state index contributed by atoms with van der Waals surface area (Å²) < 4.78 is 36.5. The first kappa shape index (κ1) is 27.1. The Kier molecular flexibility index (Phi) is 8.35. The number of aromatic nitrogens is 4. The average Bonchev–Trinajstić information content (AvgIpc) is 3.31. The van der Waals surface area contributed by atoms with Gasteiger partial charge in [-0.3, -0.25) is 4.90 Å². The van der Waals surface area contributed by atoms with Crippen LogP contribution >= 0.6 is 11.3 Å². The van der Waals surface area contributed by atoms with Crippen molar-refractivity contribution >= 4 is 37.4 Å². The number of hydrogen-bond donors (Lipinski definition) is 0. The molecular weight excluding hydrogens is 528 g/mol. The van der Waals surface area contributed by atoms with Gasteiger partial charge in [0.25, 0.3) is 0 Å². The lowest BCUT2D eigenvalue weighted by Crippen LogP contribution is -2.47. The zero-order valence-corrected chi connectivity index (χ0v) is 23.7. The first-order chi connectivity index (χ1) is 18.3. The molecule has 206 valence electrons. The lowest BCUT2D eigenvalue weighted by molar-refractivity contribution is 0.122. The number of rotatable bonds is 9. The molecule has 2 aliphatic rings. The highest BCUT2D eigenvalue weighted by atomic mass is 32.2. The lowest BCUT2D eigenvalue weighted by Gasteiger charge is -2.32. The summed E-state index contributed by atoms with van der Waals surface area (Å²) in [5.41, 5.74) is 0.730. The molecule has 38 heavy (non-hydrogen) atoms. The highest BCUT2D eigenvalue weighted by molar-refractivity contribution is 7.88. The van der Waals surface area contributed by atoms with Crippen molar-refractivity contribution in [2.75, 3.05) is 90.9 Å². The first-order valence-electron chi connectivity index (χ1n) is 12.7. The van der Waals surface area contributed by atoms with Crippen LogP contribution in [0.2, 0.25) is 0 Å². The Morgan fingerprint density at radius 3 is 2.42 bits per heavy atom. The van der Waals surface area contributed by atoms with Gasteiger partial charge in [0.2, 0.25) is 10.0 Å². The van der Waals surface area contributed by atoms with E-state index >= 15 is 0 Å². The summed E-state index contributed by atoms with van der Waals surface area (Å²) in [5.74, 6) is 1.47. The summed E-state index contributed by atoms with van der Waals surface area (Å²) in [5, 5.41) is 1.02. The number of thiophene rings is 1. The molecule has 2 saturated heterocycles. The number of likely N-dealkylation sites (N-methyl/N-ethyl adjacent to an activating group) is 1. The van der Waals surface area contributed by atoms with Crippen LogP contribution < -0.4 is 9.64 Å². The molecule has 0 unspecified atom stereocenters. The van der Waals surface area contributed by atoms with Crippen LogP contribution in [-0.4, -0.2) is 128 Å². The quantitative estimate of drug-likeness (QED) is 0.372. The van der Waals surface area contributed by atoms with Crippen molar-refractivity contribution in [1.82, 2.24) is 34.0 Å². The van der Waals surface area contributed by atoms with Crippen molar-refractivity contribution in [2.45, 2.75) is 6.54 Å². The van der Waals surface area contributed by atoms with Crippen LogP contribution in [0.25, 0.3) is 21.6 Å². The fourth-order valence-corrected chi connectivity index (χ4v) is 6.34. The number of fused-ring (bicyclic) bond motifs is 1. The molecule has 14 heteroatoms. The molecule has 0 bridgehead atoms. The summed E-state index contributed by atoms with van der Waals surface area (Å²) in [6.45, 7) is 7.32. The smallest absolute Gasteiger partial charge is 0.316 e. The SMILES string of the molecule is CN(C)CCOc1ncc(-c2nc(N3CCOCC3)c3cc(CN4CCN(S(C)(=O)=O)CC4)sc3n2)cn1. The van der Waals surface area contributed by atoms with Gasteiger partial charge in [0.05, 0.1) is 30.4 Å². The van der Waals surface area contributed by atoms with E-state index in [9.17, 15) is 8.42 Å². The number of hydrogen-bond acceptors (Lipinski definition) is 12. The third-order valence-electron chi connectivity index (χ3n) is 6.57. The van der Waals surface area contributed by atoms with Crippen molar-refractivity contribution in [1.29, 1.82) is 0 Å². The molecule has 5 heterocycles. The van der Waals surface area contributed by atoms with Crippen LogP contribution in [0, 0.1) is 0 Å². The van der Waals surface area contributed by atoms with Gasteiger partial charge in [-0.05, 0) is 20.2 Å². The maximum absolute atomic E-state index is 11.9. The molecule has 3 aromatic heterocycles. The van der Waals surface area contributed by atoms with Gasteiger partial charge in [-0.1, -0.05) is 0 Å². The van der Waals surface area contributed by atoms with Gasteiger partial charge in [-0.2, -0.15) is 4.31 Å². The summed E-state index contributed by atoms with van der Waals surface area (Å²) in [6.07, 6.45) is 4.69. The second-order valence-electron chi connectivity index (χ2n) is 9.75. The van der Waals surface area contributed by atoms with E-state index in [0.29, 0.717) is 57.8 Å². The predicted octanol–water partition coefficient (Wildman–Crippen LogP) is 1.00. The standard InChI is InChI=1S/C24H34N8O4S2/c1-29(2)8-13-36-24-25-15-18(16-26-24)21-27-22(31-9-11-35-12-10-31)20-14-19(37-23(20)28-21)17-30-4-6-32(7-5-30)38(3,33)34/h14-16H,4-13,17H2,1-3H3. The van der Waals surface area contributed by atoms with E-state index in [1.165, 1.54) is 11.1 Å². The normalized spacial score (nSPS) is 17.9. The molecule has 0 atom stereocenters. The molecule has 0 N–H and O–H groups in total. The van der Waals surface area contributed by atoms with E-state index in [2.05, 4.69) is 25.8 Å². The second-order valence-corrected chi connectivity index (χ2v) is 12.8. The molecular formula is C24H34N8O4S2. The zero-order chi connectivity index (χ0) is 26.7. The molecule has 5 rings (SSSR count). The fourth-order valence-electron chi connectivity index (χ4n) is 4.44. The summed E-state index contributed by atoms with van der Waals surface area (Å²) in [7, 11) is 0.828. The largest absolute Gasteiger partial charge is 0.462 e. The second kappa shape index (κ2) is 11.7. The van der Waals surface area contributed by atoms with Crippen LogP contribution in [-0.2, 0) is 21.3 Å². The molecule has 0 aromatic carbocycles. The van der Waals surface area contributed by atoms with Crippen LogP contribution in [0.3, 0.4) is 0 Å². The third-order valence-corrected chi connectivity index (χ3v) is 8.89. The Morgan fingerprint density at radius 2 is 1.76 bits per heavy atom. The van der Waals surface area contributed by atoms with E-state index in [0.717, 1.165) is 47.8 Å². The van der Waals surface area contributed by atoms with E-state index in [4.69, 9.17) is 19.4 Å². The summed E-state index contributed by atoms with van der Waals surface area (Å²) in [4.78, 5) is 27.2. The van der Waals surface area contributed by atoms with Gasteiger partial charge >= 0.3 is 6.01 Å². The maximum Gasteiger partial charge on any atom is 0.316 e. The minimum Gasteiger partial charge on any atom is -0.462 e. The fraction of sp³-hybridized carbons (Fsp3) is 0.583. The molecule has 0 spiro atoms. The molecule has 3 aromatic rings. The molecule has 2 fully saturated rings. The number of ether oxygens (including phenoxy) is 2. The van der Waals surface area contributed by atoms with E-state index in [1.54, 1.807) is 28.0 Å². The number of piperazine rings is 1. The number of morpholine rings is 1. The van der Waals surface area contributed by atoms with Gasteiger partial charge < -0.3 is 19.3 Å². The van der Waals surface area contributed by atoms with Gasteiger partial charge in [-0.25, -0.2) is 28.4 Å². The lowest BCUT2D eigenvalue weighted by atomic mass is 10.2.